The molecule has 0 radical (unpaired) electrons. The molecule has 0 fully saturated rings. The molecule has 0 aliphatic carbocycles. The lowest BCUT2D eigenvalue weighted by Crippen LogP contribution is -2.22. The van der Waals surface area contributed by atoms with Crippen LogP contribution in [0.25, 0.3) is 0 Å². The van der Waals surface area contributed by atoms with Gasteiger partial charge >= 0.3 is 30.0 Å². The standard InChI is InChI=1S/C8H6F3NO5/c1-2-15-5(13)6(14)16-4-3-12-7(17-4)8(9,10)11/h3H,2H2,1H3. The number of carbonyl (C=O) groups is 2. The molecule has 0 amide bonds. The van der Waals surface area contributed by atoms with Crippen molar-refractivity contribution >= 4 is 11.9 Å². The fourth-order valence-corrected chi connectivity index (χ4v) is 0.761. The Hall–Kier alpha value is -2.06. The molecule has 1 rings (SSSR count). The van der Waals surface area contributed by atoms with Crippen LogP contribution < -0.4 is 4.74 Å². The molecule has 0 spiro atoms. The van der Waals surface area contributed by atoms with E-state index in [0.29, 0.717) is 6.20 Å². The van der Waals surface area contributed by atoms with Crippen molar-refractivity contribution in [1.29, 1.82) is 0 Å². The van der Waals surface area contributed by atoms with Crippen LogP contribution in [-0.4, -0.2) is 23.5 Å². The summed E-state index contributed by atoms with van der Waals surface area (Å²) in [4.78, 5) is 24.5. The number of ether oxygens (including phenoxy) is 2. The van der Waals surface area contributed by atoms with E-state index >= 15 is 0 Å². The topological polar surface area (TPSA) is 78.6 Å². The first-order chi connectivity index (χ1) is 7.84. The van der Waals surface area contributed by atoms with Gasteiger partial charge in [0.25, 0.3) is 0 Å². The first-order valence-electron chi connectivity index (χ1n) is 4.26. The van der Waals surface area contributed by atoms with Crippen molar-refractivity contribution in [2.75, 3.05) is 6.61 Å². The fraction of sp³-hybridized carbons (Fsp3) is 0.375. The third-order valence-corrected chi connectivity index (χ3v) is 1.36. The lowest BCUT2D eigenvalue weighted by molar-refractivity contribution is -0.164. The van der Waals surface area contributed by atoms with E-state index in [1.807, 2.05) is 0 Å². The van der Waals surface area contributed by atoms with Crippen LogP contribution in [0.4, 0.5) is 13.2 Å². The van der Waals surface area contributed by atoms with Gasteiger partial charge in [0, 0.05) is 0 Å². The number of hydrogen-bond donors (Lipinski definition) is 0. The number of alkyl halides is 3. The van der Waals surface area contributed by atoms with E-state index in [2.05, 4.69) is 18.9 Å². The van der Waals surface area contributed by atoms with E-state index in [9.17, 15) is 22.8 Å². The van der Waals surface area contributed by atoms with Gasteiger partial charge in [-0.05, 0) is 6.92 Å². The van der Waals surface area contributed by atoms with E-state index in [1.54, 1.807) is 0 Å². The average molecular weight is 253 g/mol. The first-order valence-corrected chi connectivity index (χ1v) is 4.26. The lowest BCUT2D eigenvalue weighted by Gasteiger charge is -2.00. The van der Waals surface area contributed by atoms with Gasteiger partial charge in [0.2, 0.25) is 0 Å². The quantitative estimate of drug-likeness (QED) is 0.581. The molecule has 0 aromatic carbocycles. The monoisotopic (exact) mass is 253 g/mol. The SMILES string of the molecule is CCOC(=O)C(=O)Oc1cnc(C(F)(F)F)o1. The Morgan fingerprint density at radius 3 is 2.53 bits per heavy atom. The van der Waals surface area contributed by atoms with Crippen LogP contribution >= 0.6 is 0 Å². The maximum absolute atomic E-state index is 12.0. The molecule has 0 atom stereocenters. The Balaban J connectivity index is 2.67. The maximum atomic E-state index is 12.0. The first kappa shape index (κ1) is 13.0. The van der Waals surface area contributed by atoms with Gasteiger partial charge in [0.1, 0.15) is 6.20 Å². The Bertz CT molecular complexity index is 425. The highest BCUT2D eigenvalue weighted by Crippen LogP contribution is 2.30. The molecule has 0 N–H and O–H groups in total. The van der Waals surface area contributed by atoms with E-state index in [-0.39, 0.29) is 6.61 Å². The molecule has 0 saturated heterocycles. The summed E-state index contributed by atoms with van der Waals surface area (Å²) < 4.78 is 48.6. The molecule has 1 heterocycles. The third-order valence-electron chi connectivity index (χ3n) is 1.36. The predicted molar refractivity (Wildman–Crippen MR) is 43.8 cm³/mol. The van der Waals surface area contributed by atoms with Gasteiger partial charge in [0.05, 0.1) is 6.61 Å². The van der Waals surface area contributed by atoms with E-state index in [0.717, 1.165) is 0 Å². The van der Waals surface area contributed by atoms with Gasteiger partial charge in [-0.25, -0.2) is 14.6 Å². The largest absolute Gasteiger partial charge is 0.469 e. The summed E-state index contributed by atoms with van der Waals surface area (Å²) in [7, 11) is 0. The Morgan fingerprint density at radius 2 is 2.06 bits per heavy atom. The molecule has 1 aromatic heterocycles. The number of rotatable bonds is 2. The van der Waals surface area contributed by atoms with Gasteiger partial charge in [-0.3, -0.25) is 0 Å². The van der Waals surface area contributed by atoms with Crippen molar-refractivity contribution < 1.29 is 36.7 Å². The predicted octanol–water partition coefficient (Wildman–Crippen LogP) is 1.16. The van der Waals surface area contributed by atoms with Crippen molar-refractivity contribution in [1.82, 2.24) is 4.98 Å². The molecule has 94 valence electrons. The highest BCUT2D eigenvalue weighted by Gasteiger charge is 2.37. The minimum atomic E-state index is -4.80. The van der Waals surface area contributed by atoms with Gasteiger partial charge in [-0.15, -0.1) is 0 Å². The lowest BCUT2D eigenvalue weighted by atomic mass is 10.7. The number of halogens is 3. The van der Waals surface area contributed by atoms with Crippen molar-refractivity contribution in [3.05, 3.63) is 12.1 Å². The van der Waals surface area contributed by atoms with Crippen molar-refractivity contribution in [3.63, 3.8) is 0 Å². The van der Waals surface area contributed by atoms with Crippen LogP contribution in [0.5, 0.6) is 5.95 Å². The average Bonchev–Trinajstić information content (AvgIpc) is 2.66. The van der Waals surface area contributed by atoms with E-state index in [1.165, 1.54) is 6.92 Å². The maximum Gasteiger partial charge on any atom is 0.469 e. The number of carbonyl (C=O) groups excluding carboxylic acids is 2. The molecule has 0 bridgehead atoms. The second kappa shape index (κ2) is 4.85. The molecule has 1 aromatic rings. The zero-order valence-corrected chi connectivity index (χ0v) is 8.41. The Morgan fingerprint density at radius 1 is 1.41 bits per heavy atom. The highest BCUT2D eigenvalue weighted by atomic mass is 19.4. The van der Waals surface area contributed by atoms with Crippen LogP contribution in [0.15, 0.2) is 10.6 Å². The molecule has 9 heteroatoms. The Labute approximate surface area is 92.3 Å². The van der Waals surface area contributed by atoms with E-state index < -0.39 is 30.0 Å². The van der Waals surface area contributed by atoms with Crippen molar-refractivity contribution in [2.45, 2.75) is 13.1 Å². The summed E-state index contributed by atoms with van der Waals surface area (Å²) >= 11 is 0. The van der Waals surface area contributed by atoms with Crippen LogP contribution in [0, 0.1) is 0 Å². The molecule has 17 heavy (non-hydrogen) atoms. The molecule has 0 saturated carbocycles. The Kier molecular flexibility index (Phi) is 3.71. The van der Waals surface area contributed by atoms with Gasteiger partial charge in [-0.2, -0.15) is 13.2 Å². The van der Waals surface area contributed by atoms with Crippen molar-refractivity contribution in [2.24, 2.45) is 0 Å². The molecular formula is C8H6F3NO5. The van der Waals surface area contributed by atoms with Crippen LogP contribution in [0.2, 0.25) is 0 Å². The van der Waals surface area contributed by atoms with Crippen LogP contribution in [0.1, 0.15) is 12.8 Å². The van der Waals surface area contributed by atoms with Crippen LogP contribution in [-0.2, 0) is 20.5 Å². The number of nitrogens with zero attached hydrogens (tertiary/aromatic N) is 1. The van der Waals surface area contributed by atoms with Crippen LogP contribution in [0.3, 0.4) is 0 Å². The van der Waals surface area contributed by atoms with Gasteiger partial charge in [-0.1, -0.05) is 0 Å². The summed E-state index contributed by atoms with van der Waals surface area (Å²) in [6.45, 7) is 1.37. The zero-order chi connectivity index (χ0) is 13.1. The summed E-state index contributed by atoms with van der Waals surface area (Å²) in [6, 6.07) is 0. The third kappa shape index (κ3) is 3.47. The number of aromatic nitrogens is 1. The molecule has 6 nitrogen and oxygen atoms in total. The normalized spacial score (nSPS) is 11.1. The summed E-state index contributed by atoms with van der Waals surface area (Å²) in [5.74, 6) is -5.24. The fourth-order valence-electron chi connectivity index (χ4n) is 0.761. The zero-order valence-electron chi connectivity index (χ0n) is 8.41. The summed E-state index contributed by atoms with van der Waals surface area (Å²) in [5, 5.41) is 0. The molecule has 0 aliphatic heterocycles. The number of hydrogen-bond acceptors (Lipinski definition) is 6. The van der Waals surface area contributed by atoms with Crippen molar-refractivity contribution in [3.8, 4) is 5.95 Å². The smallest absolute Gasteiger partial charge is 0.458 e. The summed E-state index contributed by atoms with van der Waals surface area (Å²) in [6.07, 6.45) is -4.27. The molecule has 0 aliphatic rings. The number of esters is 2. The molecular weight excluding hydrogens is 247 g/mol. The number of oxazole rings is 1. The van der Waals surface area contributed by atoms with Gasteiger partial charge in [0.15, 0.2) is 0 Å². The second-order valence-corrected chi connectivity index (χ2v) is 2.59. The highest BCUT2D eigenvalue weighted by molar-refractivity contribution is 6.30. The van der Waals surface area contributed by atoms with Gasteiger partial charge < -0.3 is 13.9 Å². The minimum Gasteiger partial charge on any atom is -0.458 e. The summed E-state index contributed by atoms with van der Waals surface area (Å²) in [5.41, 5.74) is 0. The van der Waals surface area contributed by atoms with E-state index in [4.69, 9.17) is 0 Å². The minimum absolute atomic E-state index is 0.0713. The second-order valence-electron chi connectivity index (χ2n) is 2.59. The molecule has 0 unspecified atom stereocenters.